The molecule has 9 heteroatoms. The minimum Gasteiger partial charge on any atom is -0.276 e. The van der Waals surface area contributed by atoms with Gasteiger partial charge in [-0.05, 0) is 24.6 Å². The predicted octanol–water partition coefficient (Wildman–Crippen LogP) is 1.25. The zero-order valence-corrected chi connectivity index (χ0v) is 15.6. The number of nitrogens with zero attached hydrogens (tertiary/aromatic N) is 5. The van der Waals surface area contributed by atoms with Crippen molar-refractivity contribution in [3.8, 4) is 0 Å². The Hall–Kier alpha value is -2.78. The van der Waals surface area contributed by atoms with Gasteiger partial charge in [-0.3, -0.25) is 9.55 Å². The Morgan fingerprint density at radius 1 is 1.11 bits per heavy atom. The molecule has 0 aliphatic carbocycles. The fourth-order valence-corrected chi connectivity index (χ4v) is 4.91. The van der Waals surface area contributed by atoms with E-state index in [9.17, 15) is 13.2 Å². The van der Waals surface area contributed by atoms with Gasteiger partial charge in [0.1, 0.15) is 10.9 Å². The van der Waals surface area contributed by atoms with Gasteiger partial charge in [-0.2, -0.15) is 9.40 Å². The van der Waals surface area contributed by atoms with E-state index >= 15 is 0 Å². The minimum absolute atomic E-state index is 0.122. The van der Waals surface area contributed by atoms with Gasteiger partial charge in [-0.1, -0.05) is 30.3 Å². The lowest BCUT2D eigenvalue weighted by Crippen LogP contribution is -2.44. The van der Waals surface area contributed by atoms with Crippen LogP contribution in [0.15, 0.2) is 64.5 Å². The lowest BCUT2D eigenvalue weighted by Gasteiger charge is -2.34. The topological polar surface area (TPSA) is 90.1 Å². The average Bonchev–Trinajstić information content (AvgIpc) is 3.04. The van der Waals surface area contributed by atoms with Crippen LogP contribution in [0.4, 0.5) is 0 Å². The quantitative estimate of drug-likeness (QED) is 0.674. The molecule has 1 aliphatic heterocycles. The average molecular weight is 385 g/mol. The molecule has 1 aliphatic rings. The highest BCUT2D eigenvalue weighted by Gasteiger charge is 2.40. The molecule has 3 heterocycles. The monoisotopic (exact) mass is 385 g/mol. The number of pyridine rings is 1. The number of rotatable bonds is 4. The third-order valence-electron chi connectivity index (χ3n) is 4.68. The lowest BCUT2D eigenvalue weighted by atomic mass is 10.1. The summed E-state index contributed by atoms with van der Waals surface area (Å²) in [5.41, 5.74) is 0.547. The van der Waals surface area contributed by atoms with Crippen molar-refractivity contribution in [2.75, 3.05) is 6.54 Å². The van der Waals surface area contributed by atoms with E-state index in [4.69, 9.17) is 0 Å². The number of benzene rings is 1. The van der Waals surface area contributed by atoms with Crippen molar-refractivity contribution in [1.82, 2.24) is 23.6 Å². The van der Waals surface area contributed by atoms with E-state index in [1.807, 2.05) is 37.3 Å². The van der Waals surface area contributed by atoms with E-state index in [1.165, 1.54) is 27.4 Å². The second-order valence-corrected chi connectivity index (χ2v) is 8.12. The first-order valence-corrected chi connectivity index (χ1v) is 10.1. The molecule has 3 aromatic rings. The zero-order valence-electron chi connectivity index (χ0n) is 14.8. The molecule has 0 amide bonds. The first kappa shape index (κ1) is 17.6. The number of hydrogen-bond acceptors (Lipinski definition) is 5. The Morgan fingerprint density at radius 2 is 1.89 bits per heavy atom. The summed E-state index contributed by atoms with van der Waals surface area (Å²) >= 11 is 0. The van der Waals surface area contributed by atoms with E-state index in [0.29, 0.717) is 12.4 Å². The van der Waals surface area contributed by atoms with Crippen LogP contribution in [0, 0.1) is 0 Å². The minimum atomic E-state index is -3.81. The molecule has 4 rings (SSSR count). The third-order valence-corrected chi connectivity index (χ3v) is 6.53. The van der Waals surface area contributed by atoms with Gasteiger partial charge in [0.2, 0.25) is 10.0 Å². The number of aryl methyl sites for hydroxylation is 1. The first-order valence-electron chi connectivity index (χ1n) is 8.68. The molecule has 0 fully saturated rings. The van der Waals surface area contributed by atoms with E-state index < -0.39 is 16.1 Å². The Kier molecular flexibility index (Phi) is 4.40. The molecule has 1 unspecified atom stereocenters. The maximum Gasteiger partial charge on any atom is 0.346 e. The van der Waals surface area contributed by atoms with E-state index in [0.717, 1.165) is 5.56 Å². The van der Waals surface area contributed by atoms with Crippen LogP contribution in [0.1, 0.15) is 24.4 Å². The molecule has 140 valence electrons. The van der Waals surface area contributed by atoms with Gasteiger partial charge in [0.25, 0.3) is 0 Å². The van der Waals surface area contributed by atoms with Crippen LogP contribution in [0.5, 0.6) is 0 Å². The van der Waals surface area contributed by atoms with Crippen LogP contribution < -0.4 is 5.69 Å². The van der Waals surface area contributed by atoms with Gasteiger partial charge >= 0.3 is 5.69 Å². The van der Waals surface area contributed by atoms with Gasteiger partial charge < -0.3 is 0 Å². The number of sulfonamides is 1. The summed E-state index contributed by atoms with van der Waals surface area (Å²) < 4.78 is 30.9. The van der Waals surface area contributed by atoms with Gasteiger partial charge in [-0.15, -0.1) is 0 Å². The Morgan fingerprint density at radius 3 is 2.56 bits per heavy atom. The lowest BCUT2D eigenvalue weighted by molar-refractivity contribution is 0.289. The molecule has 0 saturated carbocycles. The zero-order chi connectivity index (χ0) is 19.0. The molecule has 0 spiro atoms. The molecule has 2 aromatic heterocycles. The third kappa shape index (κ3) is 2.88. The van der Waals surface area contributed by atoms with E-state index in [-0.39, 0.29) is 23.7 Å². The van der Waals surface area contributed by atoms with Crippen LogP contribution >= 0.6 is 0 Å². The standard InChI is InChI=1S/C18H19N5O3S/c1-2-22-18(24)21-11-12-23(27(25,26)15-9-6-10-19-13-15)16(17(21)20-22)14-7-4-3-5-8-14/h3-10,13,16H,2,11-12H2,1H3. The van der Waals surface area contributed by atoms with E-state index in [2.05, 4.69) is 10.1 Å². The fraction of sp³-hybridized carbons (Fsp3) is 0.278. The van der Waals surface area contributed by atoms with Gasteiger partial charge in [0.05, 0.1) is 0 Å². The van der Waals surface area contributed by atoms with Crippen LogP contribution in [0.25, 0.3) is 0 Å². The summed E-state index contributed by atoms with van der Waals surface area (Å²) in [6.07, 6.45) is 2.87. The molecule has 0 saturated heterocycles. The SMILES string of the molecule is CCn1nc2n(c1=O)CCN(S(=O)(=O)c1cccnc1)C2c1ccccc1. The fourth-order valence-electron chi connectivity index (χ4n) is 3.38. The normalized spacial score (nSPS) is 17.6. The molecule has 0 bridgehead atoms. The van der Waals surface area contributed by atoms with Gasteiger partial charge in [0, 0.05) is 32.0 Å². The highest BCUT2D eigenvalue weighted by atomic mass is 32.2. The number of fused-ring (bicyclic) bond motifs is 1. The van der Waals surface area contributed by atoms with Crippen LogP contribution in [-0.4, -0.2) is 38.6 Å². The molecular formula is C18H19N5O3S. The highest BCUT2D eigenvalue weighted by molar-refractivity contribution is 7.89. The summed E-state index contributed by atoms with van der Waals surface area (Å²) in [4.78, 5) is 16.6. The van der Waals surface area contributed by atoms with Crippen molar-refractivity contribution >= 4 is 10.0 Å². The molecule has 8 nitrogen and oxygen atoms in total. The second kappa shape index (κ2) is 6.75. The maximum absolute atomic E-state index is 13.3. The predicted molar refractivity (Wildman–Crippen MR) is 98.6 cm³/mol. The summed E-state index contributed by atoms with van der Waals surface area (Å²) in [6.45, 7) is 2.70. The molecule has 27 heavy (non-hydrogen) atoms. The smallest absolute Gasteiger partial charge is 0.276 e. The maximum atomic E-state index is 13.3. The van der Waals surface area contributed by atoms with Crippen LogP contribution in [0.2, 0.25) is 0 Å². The molecule has 1 aromatic carbocycles. The first-order chi connectivity index (χ1) is 13.0. The molecule has 0 N–H and O–H groups in total. The molecular weight excluding hydrogens is 366 g/mol. The van der Waals surface area contributed by atoms with Crippen LogP contribution in [-0.2, 0) is 23.1 Å². The highest BCUT2D eigenvalue weighted by Crippen LogP contribution is 2.34. The van der Waals surface area contributed by atoms with Crippen molar-refractivity contribution in [3.63, 3.8) is 0 Å². The van der Waals surface area contributed by atoms with Crippen molar-refractivity contribution in [2.45, 2.75) is 31.0 Å². The van der Waals surface area contributed by atoms with Gasteiger partial charge in [-0.25, -0.2) is 17.9 Å². The Bertz CT molecular complexity index is 1110. The summed E-state index contributed by atoms with van der Waals surface area (Å²) in [5.74, 6) is 0.437. The Labute approximate surface area is 156 Å². The van der Waals surface area contributed by atoms with Crippen molar-refractivity contribution in [1.29, 1.82) is 0 Å². The van der Waals surface area contributed by atoms with E-state index in [1.54, 1.807) is 10.6 Å². The van der Waals surface area contributed by atoms with Gasteiger partial charge in [0.15, 0.2) is 5.82 Å². The van der Waals surface area contributed by atoms with Crippen molar-refractivity contribution in [2.24, 2.45) is 0 Å². The summed E-state index contributed by atoms with van der Waals surface area (Å²) in [5, 5.41) is 4.43. The summed E-state index contributed by atoms with van der Waals surface area (Å²) in [7, 11) is -3.81. The van der Waals surface area contributed by atoms with Crippen molar-refractivity contribution in [3.05, 3.63) is 76.7 Å². The molecule has 0 radical (unpaired) electrons. The summed E-state index contributed by atoms with van der Waals surface area (Å²) in [6, 6.07) is 11.7. The largest absolute Gasteiger partial charge is 0.346 e. The van der Waals surface area contributed by atoms with Crippen LogP contribution in [0.3, 0.4) is 0 Å². The Balaban J connectivity index is 1.91. The molecule has 1 atom stereocenters. The second-order valence-electron chi connectivity index (χ2n) is 6.23. The van der Waals surface area contributed by atoms with Crippen molar-refractivity contribution < 1.29 is 8.42 Å². The number of aromatic nitrogens is 4. The number of hydrogen-bond donors (Lipinski definition) is 0.